The molecule has 0 heterocycles. The molecular formula is C15H14ClFN2O. The number of anilines is 1. The molecule has 0 bridgehead atoms. The lowest BCUT2D eigenvalue weighted by Crippen LogP contribution is -2.28. The highest BCUT2D eigenvalue weighted by Crippen LogP contribution is 2.19. The summed E-state index contributed by atoms with van der Waals surface area (Å²) in [4.78, 5) is 11.8. The van der Waals surface area contributed by atoms with E-state index in [4.69, 9.17) is 11.6 Å². The molecule has 0 aromatic heterocycles. The number of urea groups is 1. The summed E-state index contributed by atoms with van der Waals surface area (Å²) in [5.74, 6) is -0.321. The minimum absolute atomic E-state index is 0.260. The van der Waals surface area contributed by atoms with Gasteiger partial charge in [-0.1, -0.05) is 23.7 Å². The van der Waals surface area contributed by atoms with E-state index < -0.39 is 0 Å². The van der Waals surface area contributed by atoms with E-state index in [2.05, 4.69) is 10.6 Å². The number of aryl methyl sites for hydroxylation is 1. The maximum atomic E-state index is 13.0. The fourth-order valence-corrected chi connectivity index (χ4v) is 1.99. The Morgan fingerprint density at radius 1 is 1.25 bits per heavy atom. The van der Waals surface area contributed by atoms with Crippen molar-refractivity contribution in [2.75, 3.05) is 5.32 Å². The normalized spacial score (nSPS) is 10.2. The van der Waals surface area contributed by atoms with Crippen molar-refractivity contribution in [2.24, 2.45) is 0 Å². The summed E-state index contributed by atoms with van der Waals surface area (Å²) in [6.45, 7) is 2.12. The van der Waals surface area contributed by atoms with Crippen LogP contribution in [0, 0.1) is 12.7 Å². The van der Waals surface area contributed by atoms with E-state index in [9.17, 15) is 9.18 Å². The van der Waals surface area contributed by atoms with Gasteiger partial charge in [0.05, 0.1) is 0 Å². The SMILES string of the molecule is Cc1cc(Cl)ccc1NC(=O)NCc1cccc(F)c1. The molecule has 0 atom stereocenters. The number of rotatable bonds is 3. The Bertz CT molecular complexity index is 631. The van der Waals surface area contributed by atoms with Crippen molar-refractivity contribution in [3.63, 3.8) is 0 Å². The van der Waals surface area contributed by atoms with E-state index in [1.807, 2.05) is 6.92 Å². The van der Waals surface area contributed by atoms with Crippen LogP contribution < -0.4 is 10.6 Å². The highest BCUT2D eigenvalue weighted by atomic mass is 35.5. The topological polar surface area (TPSA) is 41.1 Å². The van der Waals surface area contributed by atoms with Crippen LogP contribution in [0.5, 0.6) is 0 Å². The predicted molar refractivity (Wildman–Crippen MR) is 78.4 cm³/mol. The first-order valence-electron chi connectivity index (χ1n) is 6.10. The molecule has 20 heavy (non-hydrogen) atoms. The van der Waals surface area contributed by atoms with Gasteiger partial charge in [0.1, 0.15) is 5.82 Å². The Morgan fingerprint density at radius 3 is 2.75 bits per heavy atom. The van der Waals surface area contributed by atoms with E-state index in [-0.39, 0.29) is 18.4 Å². The number of amides is 2. The monoisotopic (exact) mass is 292 g/mol. The quantitative estimate of drug-likeness (QED) is 0.878. The van der Waals surface area contributed by atoms with Crippen molar-refractivity contribution in [1.29, 1.82) is 0 Å². The lowest BCUT2D eigenvalue weighted by molar-refractivity contribution is 0.251. The lowest BCUT2D eigenvalue weighted by Gasteiger charge is -2.10. The predicted octanol–water partition coefficient (Wildman–Crippen LogP) is 4.11. The smallest absolute Gasteiger partial charge is 0.319 e. The molecule has 0 radical (unpaired) electrons. The molecule has 0 spiro atoms. The van der Waals surface area contributed by atoms with Crippen molar-refractivity contribution in [3.05, 3.63) is 64.4 Å². The summed E-state index contributed by atoms with van der Waals surface area (Å²) in [6.07, 6.45) is 0. The van der Waals surface area contributed by atoms with Crippen LogP contribution in [0.2, 0.25) is 5.02 Å². The highest BCUT2D eigenvalue weighted by molar-refractivity contribution is 6.30. The van der Waals surface area contributed by atoms with Crippen molar-refractivity contribution >= 4 is 23.3 Å². The zero-order valence-corrected chi connectivity index (χ0v) is 11.7. The fourth-order valence-electron chi connectivity index (χ4n) is 1.76. The second-order valence-electron chi connectivity index (χ2n) is 4.40. The molecule has 0 unspecified atom stereocenters. The molecule has 0 aliphatic carbocycles. The molecule has 3 nitrogen and oxygen atoms in total. The van der Waals surface area contributed by atoms with Crippen molar-refractivity contribution in [2.45, 2.75) is 13.5 Å². The van der Waals surface area contributed by atoms with Crippen LogP contribution in [0.4, 0.5) is 14.9 Å². The first kappa shape index (κ1) is 14.3. The third kappa shape index (κ3) is 3.96. The summed E-state index contributed by atoms with van der Waals surface area (Å²) >= 11 is 5.85. The minimum atomic E-state index is -0.348. The largest absolute Gasteiger partial charge is 0.334 e. The number of halogens is 2. The number of carbonyl (C=O) groups is 1. The third-order valence-corrected chi connectivity index (χ3v) is 3.01. The van der Waals surface area contributed by atoms with Crippen molar-refractivity contribution in [1.82, 2.24) is 5.32 Å². The van der Waals surface area contributed by atoms with Crippen molar-refractivity contribution in [3.8, 4) is 0 Å². The van der Waals surface area contributed by atoms with Crippen LogP contribution in [0.25, 0.3) is 0 Å². The minimum Gasteiger partial charge on any atom is -0.334 e. The molecule has 5 heteroatoms. The molecule has 0 fully saturated rings. The summed E-state index contributed by atoms with van der Waals surface area (Å²) in [7, 11) is 0. The molecule has 2 aromatic carbocycles. The second kappa shape index (κ2) is 6.39. The standard InChI is InChI=1S/C15H14ClFN2O/c1-10-7-12(16)5-6-14(10)19-15(20)18-9-11-3-2-4-13(17)8-11/h2-8H,9H2,1H3,(H2,18,19,20). The van der Waals surface area contributed by atoms with E-state index >= 15 is 0 Å². The third-order valence-electron chi connectivity index (χ3n) is 2.78. The van der Waals surface area contributed by atoms with E-state index in [1.54, 1.807) is 30.3 Å². The van der Waals surface area contributed by atoms with Crippen LogP contribution in [-0.4, -0.2) is 6.03 Å². The van der Waals surface area contributed by atoms with Gasteiger partial charge in [-0.15, -0.1) is 0 Å². The first-order valence-corrected chi connectivity index (χ1v) is 6.48. The summed E-state index contributed by atoms with van der Waals surface area (Å²) in [5.41, 5.74) is 2.26. The molecule has 0 saturated carbocycles. The van der Waals surface area contributed by atoms with Gasteiger partial charge in [0.15, 0.2) is 0 Å². The Labute approximate surface area is 121 Å². The van der Waals surface area contributed by atoms with Crippen LogP contribution in [0.1, 0.15) is 11.1 Å². The number of carbonyl (C=O) groups excluding carboxylic acids is 1. The van der Waals surface area contributed by atoms with Crippen LogP contribution in [0.15, 0.2) is 42.5 Å². The van der Waals surface area contributed by atoms with Gasteiger partial charge >= 0.3 is 6.03 Å². The lowest BCUT2D eigenvalue weighted by atomic mass is 10.2. The molecule has 2 rings (SSSR count). The summed E-state index contributed by atoms with van der Waals surface area (Å²) in [5, 5.41) is 6.01. The summed E-state index contributed by atoms with van der Waals surface area (Å²) < 4.78 is 13.0. The molecule has 104 valence electrons. The molecule has 2 N–H and O–H groups in total. The van der Waals surface area contributed by atoms with E-state index in [0.29, 0.717) is 16.3 Å². The average molecular weight is 293 g/mol. The number of nitrogens with one attached hydrogen (secondary N) is 2. The van der Waals surface area contributed by atoms with Gasteiger partial charge in [-0.3, -0.25) is 0 Å². The van der Waals surface area contributed by atoms with Gasteiger partial charge in [0.2, 0.25) is 0 Å². The zero-order valence-electron chi connectivity index (χ0n) is 10.9. The maximum Gasteiger partial charge on any atom is 0.319 e. The number of hydrogen-bond donors (Lipinski definition) is 2. The molecule has 2 amide bonds. The van der Waals surface area contributed by atoms with E-state index in [1.165, 1.54) is 12.1 Å². The average Bonchev–Trinajstić information content (AvgIpc) is 2.40. The Morgan fingerprint density at radius 2 is 2.05 bits per heavy atom. The van der Waals surface area contributed by atoms with Crippen LogP contribution in [-0.2, 0) is 6.54 Å². The van der Waals surface area contributed by atoms with Crippen LogP contribution >= 0.6 is 11.6 Å². The van der Waals surface area contributed by atoms with E-state index in [0.717, 1.165) is 5.56 Å². The Hall–Kier alpha value is -2.07. The van der Waals surface area contributed by atoms with Gasteiger partial charge < -0.3 is 10.6 Å². The van der Waals surface area contributed by atoms with Gasteiger partial charge in [0, 0.05) is 17.3 Å². The van der Waals surface area contributed by atoms with Gasteiger partial charge in [0.25, 0.3) is 0 Å². The Kier molecular flexibility index (Phi) is 4.58. The molecule has 0 aliphatic rings. The molecule has 2 aromatic rings. The van der Waals surface area contributed by atoms with Gasteiger partial charge in [-0.2, -0.15) is 0 Å². The second-order valence-corrected chi connectivity index (χ2v) is 4.83. The van der Waals surface area contributed by atoms with Gasteiger partial charge in [-0.05, 0) is 48.4 Å². The maximum absolute atomic E-state index is 13.0. The highest BCUT2D eigenvalue weighted by Gasteiger charge is 2.05. The molecular weight excluding hydrogens is 279 g/mol. The van der Waals surface area contributed by atoms with Crippen LogP contribution in [0.3, 0.4) is 0 Å². The number of hydrogen-bond acceptors (Lipinski definition) is 1. The fraction of sp³-hybridized carbons (Fsp3) is 0.133. The van der Waals surface area contributed by atoms with Gasteiger partial charge in [-0.25, -0.2) is 9.18 Å². The zero-order chi connectivity index (χ0) is 14.5. The molecule has 0 saturated heterocycles. The molecule has 0 aliphatic heterocycles. The van der Waals surface area contributed by atoms with Crippen molar-refractivity contribution < 1.29 is 9.18 Å². The first-order chi connectivity index (χ1) is 9.54. The summed E-state index contributed by atoms with van der Waals surface area (Å²) in [6, 6.07) is 11.0. The Balaban J connectivity index is 1.92. The number of benzene rings is 2.